The second-order valence-corrected chi connectivity index (χ2v) is 5.14. The first kappa shape index (κ1) is 12.9. The number of amides is 1. The van der Waals surface area contributed by atoms with Crippen molar-refractivity contribution < 1.29 is 4.79 Å². The van der Waals surface area contributed by atoms with Crippen LogP contribution in [0.2, 0.25) is 0 Å². The molecule has 0 radical (unpaired) electrons. The van der Waals surface area contributed by atoms with Crippen LogP contribution in [0, 0.1) is 12.8 Å². The molecule has 2 rings (SSSR count). The van der Waals surface area contributed by atoms with Gasteiger partial charge in [0, 0.05) is 19.3 Å². The van der Waals surface area contributed by atoms with Crippen molar-refractivity contribution in [1.29, 1.82) is 0 Å². The number of hydrogen-bond donors (Lipinski definition) is 2. The van der Waals surface area contributed by atoms with Crippen LogP contribution >= 0.6 is 0 Å². The Labute approximate surface area is 109 Å². The molecule has 0 unspecified atom stereocenters. The Morgan fingerprint density at radius 2 is 2.17 bits per heavy atom. The molecule has 0 spiro atoms. The van der Waals surface area contributed by atoms with Crippen molar-refractivity contribution in [3.63, 3.8) is 0 Å². The zero-order valence-corrected chi connectivity index (χ0v) is 11.3. The number of nitrogens with one attached hydrogen (secondary N) is 2. The smallest absolute Gasteiger partial charge is 0.253 e. The van der Waals surface area contributed by atoms with Crippen LogP contribution in [0.15, 0.2) is 18.2 Å². The van der Waals surface area contributed by atoms with Crippen molar-refractivity contribution in [1.82, 2.24) is 5.32 Å². The van der Waals surface area contributed by atoms with Crippen LogP contribution in [0.5, 0.6) is 0 Å². The third kappa shape index (κ3) is 3.49. The Morgan fingerprint density at radius 3 is 2.83 bits per heavy atom. The van der Waals surface area contributed by atoms with Crippen LogP contribution in [0.1, 0.15) is 41.6 Å². The first-order chi connectivity index (χ1) is 8.70. The van der Waals surface area contributed by atoms with Crippen LogP contribution in [-0.2, 0) is 0 Å². The van der Waals surface area contributed by atoms with E-state index in [1.165, 1.54) is 19.3 Å². The average molecular weight is 246 g/mol. The van der Waals surface area contributed by atoms with Crippen LogP contribution in [0.25, 0.3) is 0 Å². The molecule has 0 bridgehead atoms. The summed E-state index contributed by atoms with van der Waals surface area (Å²) >= 11 is 0. The first-order valence-corrected chi connectivity index (χ1v) is 6.77. The monoisotopic (exact) mass is 246 g/mol. The zero-order chi connectivity index (χ0) is 13.0. The Balaban J connectivity index is 1.86. The van der Waals surface area contributed by atoms with Gasteiger partial charge in [-0.05, 0) is 43.4 Å². The normalized spacial score (nSPS) is 14.3. The van der Waals surface area contributed by atoms with E-state index in [2.05, 4.69) is 10.6 Å². The molecule has 0 heterocycles. The van der Waals surface area contributed by atoms with Crippen LogP contribution in [0.3, 0.4) is 0 Å². The van der Waals surface area contributed by atoms with Gasteiger partial charge in [0.15, 0.2) is 0 Å². The van der Waals surface area contributed by atoms with Gasteiger partial charge in [-0.3, -0.25) is 4.79 Å². The molecule has 3 heteroatoms. The Bertz CT molecular complexity index is 425. The molecular weight excluding hydrogens is 224 g/mol. The molecule has 1 saturated carbocycles. The predicted molar refractivity (Wildman–Crippen MR) is 75.0 cm³/mol. The van der Waals surface area contributed by atoms with Gasteiger partial charge in [0.05, 0.1) is 5.56 Å². The molecule has 0 saturated heterocycles. The lowest BCUT2D eigenvalue weighted by Gasteiger charge is -2.10. The van der Waals surface area contributed by atoms with Gasteiger partial charge in [-0.2, -0.15) is 0 Å². The van der Waals surface area contributed by atoms with Gasteiger partial charge >= 0.3 is 0 Å². The molecule has 0 aliphatic heterocycles. The van der Waals surface area contributed by atoms with E-state index < -0.39 is 0 Å². The molecule has 1 amide bonds. The summed E-state index contributed by atoms with van der Waals surface area (Å²) in [6.45, 7) is 2.81. The fraction of sp³-hybridized carbons (Fsp3) is 0.533. The second-order valence-electron chi connectivity index (χ2n) is 5.14. The summed E-state index contributed by atoms with van der Waals surface area (Å²) in [6.07, 6.45) is 5.12. The molecule has 1 aromatic rings. The number of carbonyl (C=O) groups is 1. The zero-order valence-electron chi connectivity index (χ0n) is 11.3. The van der Waals surface area contributed by atoms with E-state index >= 15 is 0 Å². The Morgan fingerprint density at radius 1 is 1.39 bits per heavy atom. The fourth-order valence-corrected chi connectivity index (χ4v) is 2.16. The summed E-state index contributed by atoms with van der Waals surface area (Å²) in [5.74, 6) is 0.962. The summed E-state index contributed by atoms with van der Waals surface area (Å²) in [5.41, 5.74) is 2.79. The van der Waals surface area contributed by atoms with E-state index in [0.717, 1.165) is 35.7 Å². The molecule has 3 nitrogen and oxygen atoms in total. The fourth-order valence-electron chi connectivity index (χ4n) is 2.16. The van der Waals surface area contributed by atoms with E-state index in [9.17, 15) is 4.79 Å². The lowest BCUT2D eigenvalue weighted by molar-refractivity contribution is 0.0953. The molecule has 0 atom stereocenters. The highest BCUT2D eigenvalue weighted by atomic mass is 16.1. The van der Waals surface area contributed by atoms with Gasteiger partial charge in [0.2, 0.25) is 0 Å². The number of rotatable bonds is 6. The Hall–Kier alpha value is -1.51. The first-order valence-electron chi connectivity index (χ1n) is 6.77. The van der Waals surface area contributed by atoms with Gasteiger partial charge in [-0.1, -0.05) is 18.9 Å². The maximum absolute atomic E-state index is 12.0. The van der Waals surface area contributed by atoms with Gasteiger partial charge in [0.25, 0.3) is 5.91 Å². The molecule has 18 heavy (non-hydrogen) atoms. The summed E-state index contributed by atoms with van der Waals surface area (Å²) in [6, 6.07) is 5.86. The van der Waals surface area contributed by atoms with E-state index in [0.29, 0.717) is 0 Å². The van der Waals surface area contributed by atoms with Gasteiger partial charge in [-0.25, -0.2) is 0 Å². The minimum Gasteiger partial charge on any atom is -0.387 e. The van der Waals surface area contributed by atoms with Crippen molar-refractivity contribution >= 4 is 11.6 Å². The number of anilines is 1. The highest BCUT2D eigenvalue weighted by molar-refractivity contribution is 5.99. The number of aryl methyl sites for hydroxylation is 1. The molecule has 2 N–H and O–H groups in total. The standard InChI is InChI=1S/C15H22N2O/c1-11-5-8-13(14(10-11)16-2)15(18)17-9-3-4-12-6-7-12/h5,8,10,12,16H,3-4,6-7,9H2,1-2H3,(H,17,18). The lowest BCUT2D eigenvalue weighted by atomic mass is 10.1. The molecule has 0 aromatic heterocycles. The second kappa shape index (κ2) is 5.89. The number of carbonyl (C=O) groups excluding carboxylic acids is 1. The van der Waals surface area contributed by atoms with E-state index in [1.54, 1.807) is 0 Å². The highest BCUT2D eigenvalue weighted by Gasteiger charge is 2.20. The maximum atomic E-state index is 12.0. The van der Waals surface area contributed by atoms with E-state index in [4.69, 9.17) is 0 Å². The lowest BCUT2D eigenvalue weighted by Crippen LogP contribution is -2.25. The highest BCUT2D eigenvalue weighted by Crippen LogP contribution is 2.33. The third-order valence-corrected chi connectivity index (χ3v) is 3.46. The molecule has 1 aliphatic rings. The minimum absolute atomic E-state index is 0.0233. The van der Waals surface area contributed by atoms with Crippen LogP contribution in [0.4, 0.5) is 5.69 Å². The predicted octanol–water partition coefficient (Wildman–Crippen LogP) is 2.96. The average Bonchev–Trinajstić information content (AvgIpc) is 3.18. The van der Waals surface area contributed by atoms with Crippen LogP contribution < -0.4 is 10.6 Å². The number of benzene rings is 1. The minimum atomic E-state index is 0.0233. The molecule has 1 aliphatic carbocycles. The molecule has 98 valence electrons. The topological polar surface area (TPSA) is 41.1 Å². The maximum Gasteiger partial charge on any atom is 0.253 e. The van der Waals surface area contributed by atoms with Gasteiger partial charge in [0.1, 0.15) is 0 Å². The largest absolute Gasteiger partial charge is 0.387 e. The summed E-state index contributed by atoms with van der Waals surface area (Å²) in [5, 5.41) is 6.07. The number of hydrogen-bond acceptors (Lipinski definition) is 2. The third-order valence-electron chi connectivity index (χ3n) is 3.46. The van der Waals surface area contributed by atoms with Crippen molar-refractivity contribution in [3.05, 3.63) is 29.3 Å². The molecule has 1 fully saturated rings. The van der Waals surface area contributed by atoms with E-state index in [-0.39, 0.29) is 5.91 Å². The summed E-state index contributed by atoms with van der Waals surface area (Å²) in [7, 11) is 1.85. The molecular formula is C15H22N2O. The summed E-state index contributed by atoms with van der Waals surface area (Å²) in [4.78, 5) is 12.0. The van der Waals surface area contributed by atoms with Gasteiger partial charge in [-0.15, -0.1) is 0 Å². The molecule has 1 aromatic carbocycles. The van der Waals surface area contributed by atoms with Crippen molar-refractivity contribution in [2.75, 3.05) is 18.9 Å². The van der Waals surface area contributed by atoms with Crippen LogP contribution in [-0.4, -0.2) is 19.5 Å². The summed E-state index contributed by atoms with van der Waals surface area (Å²) < 4.78 is 0. The Kier molecular flexibility index (Phi) is 4.24. The van der Waals surface area contributed by atoms with Crippen molar-refractivity contribution in [2.45, 2.75) is 32.6 Å². The van der Waals surface area contributed by atoms with E-state index in [1.807, 2.05) is 32.2 Å². The van der Waals surface area contributed by atoms with Gasteiger partial charge < -0.3 is 10.6 Å². The quantitative estimate of drug-likeness (QED) is 0.758. The SMILES string of the molecule is CNc1cc(C)ccc1C(=O)NCCCC1CC1. The van der Waals surface area contributed by atoms with Crippen molar-refractivity contribution in [3.8, 4) is 0 Å². The van der Waals surface area contributed by atoms with Crippen molar-refractivity contribution in [2.24, 2.45) is 5.92 Å².